The Balaban J connectivity index is 1.91. The van der Waals surface area contributed by atoms with Crippen molar-refractivity contribution in [3.8, 4) is 11.8 Å². The summed E-state index contributed by atoms with van der Waals surface area (Å²) >= 11 is 0. The molecule has 1 fully saturated rings. The van der Waals surface area contributed by atoms with Gasteiger partial charge in [-0.3, -0.25) is 4.79 Å². The van der Waals surface area contributed by atoms with Crippen molar-refractivity contribution in [2.45, 2.75) is 19.3 Å². The summed E-state index contributed by atoms with van der Waals surface area (Å²) in [7, 11) is 4.00. The number of rotatable bonds is 3. The molecule has 0 aromatic heterocycles. The molecule has 1 aliphatic rings. The molecule has 0 heterocycles. The third-order valence-electron chi connectivity index (χ3n) is 3.44. The molecule has 0 spiro atoms. The minimum Gasteiger partial charge on any atom is -0.377 e. The van der Waals surface area contributed by atoms with E-state index in [0.29, 0.717) is 6.54 Å². The SMILES string of the molecule is CN(C)c1ccccc1C#CCNC(=O)C1CCC1. The average molecular weight is 256 g/mol. The van der Waals surface area contributed by atoms with Gasteiger partial charge in [0.25, 0.3) is 0 Å². The molecule has 1 aromatic rings. The molecule has 0 saturated heterocycles. The molecule has 0 unspecified atom stereocenters. The number of hydrogen-bond acceptors (Lipinski definition) is 2. The molecule has 3 heteroatoms. The summed E-state index contributed by atoms with van der Waals surface area (Å²) in [6, 6.07) is 8.01. The Bertz CT molecular complexity index is 507. The second kappa shape index (κ2) is 6.29. The van der Waals surface area contributed by atoms with Crippen LogP contribution in [0.25, 0.3) is 0 Å². The lowest BCUT2D eigenvalue weighted by molar-refractivity contribution is -0.127. The van der Waals surface area contributed by atoms with Crippen LogP contribution in [-0.4, -0.2) is 26.5 Å². The maximum atomic E-state index is 11.6. The van der Waals surface area contributed by atoms with Crippen molar-refractivity contribution in [3.05, 3.63) is 29.8 Å². The maximum absolute atomic E-state index is 11.6. The quantitative estimate of drug-likeness (QED) is 0.839. The lowest BCUT2D eigenvalue weighted by Gasteiger charge is -2.23. The number of amides is 1. The van der Waals surface area contributed by atoms with Crippen LogP contribution >= 0.6 is 0 Å². The van der Waals surface area contributed by atoms with Crippen LogP contribution in [0.5, 0.6) is 0 Å². The van der Waals surface area contributed by atoms with E-state index in [2.05, 4.69) is 17.2 Å². The molecule has 1 aromatic carbocycles. The number of hydrogen-bond donors (Lipinski definition) is 1. The van der Waals surface area contributed by atoms with Gasteiger partial charge >= 0.3 is 0 Å². The highest BCUT2D eigenvalue weighted by Gasteiger charge is 2.24. The van der Waals surface area contributed by atoms with Gasteiger partial charge in [0.1, 0.15) is 0 Å². The highest BCUT2D eigenvalue weighted by molar-refractivity contribution is 5.79. The molecule has 1 saturated carbocycles. The summed E-state index contributed by atoms with van der Waals surface area (Å²) in [5.41, 5.74) is 2.09. The van der Waals surface area contributed by atoms with Gasteiger partial charge in [0.15, 0.2) is 0 Å². The first-order valence-electron chi connectivity index (χ1n) is 6.71. The van der Waals surface area contributed by atoms with Crippen LogP contribution in [-0.2, 0) is 4.79 Å². The van der Waals surface area contributed by atoms with E-state index in [4.69, 9.17) is 0 Å². The van der Waals surface area contributed by atoms with Gasteiger partial charge < -0.3 is 10.2 Å². The summed E-state index contributed by atoms with van der Waals surface area (Å²) in [6.07, 6.45) is 3.24. The zero-order valence-electron chi connectivity index (χ0n) is 11.6. The Hall–Kier alpha value is -1.95. The predicted octanol–water partition coefficient (Wildman–Crippen LogP) is 2.02. The molecule has 0 radical (unpaired) electrons. The molecular weight excluding hydrogens is 236 g/mol. The van der Waals surface area contributed by atoms with Crippen molar-refractivity contribution in [3.63, 3.8) is 0 Å². The van der Waals surface area contributed by atoms with E-state index in [1.54, 1.807) is 0 Å². The van der Waals surface area contributed by atoms with Crippen molar-refractivity contribution < 1.29 is 4.79 Å². The lowest BCUT2D eigenvalue weighted by atomic mass is 9.85. The summed E-state index contributed by atoms with van der Waals surface area (Å²) in [5.74, 6) is 6.53. The molecule has 1 aliphatic carbocycles. The lowest BCUT2D eigenvalue weighted by Crippen LogP contribution is -2.34. The zero-order valence-corrected chi connectivity index (χ0v) is 11.6. The Morgan fingerprint density at radius 3 is 2.74 bits per heavy atom. The van der Waals surface area contributed by atoms with Crippen molar-refractivity contribution in [2.75, 3.05) is 25.5 Å². The second-order valence-electron chi connectivity index (χ2n) is 5.06. The van der Waals surface area contributed by atoms with E-state index in [0.717, 1.165) is 24.1 Å². The molecule has 1 N–H and O–H groups in total. The summed E-state index contributed by atoms with van der Waals surface area (Å²) < 4.78 is 0. The van der Waals surface area contributed by atoms with Gasteiger partial charge in [-0.1, -0.05) is 30.4 Å². The van der Waals surface area contributed by atoms with E-state index in [9.17, 15) is 4.79 Å². The van der Waals surface area contributed by atoms with Gasteiger partial charge in [-0.2, -0.15) is 0 Å². The van der Waals surface area contributed by atoms with Gasteiger partial charge in [-0.15, -0.1) is 0 Å². The molecule has 2 rings (SSSR count). The van der Waals surface area contributed by atoms with Crippen LogP contribution in [0.3, 0.4) is 0 Å². The number of nitrogens with one attached hydrogen (secondary N) is 1. The first kappa shape index (κ1) is 13.5. The van der Waals surface area contributed by atoms with Gasteiger partial charge in [0.2, 0.25) is 5.91 Å². The first-order valence-corrected chi connectivity index (χ1v) is 6.71. The fourth-order valence-corrected chi connectivity index (χ4v) is 2.05. The number of benzene rings is 1. The Kier molecular flexibility index (Phi) is 4.46. The topological polar surface area (TPSA) is 32.3 Å². The van der Waals surface area contributed by atoms with Crippen LogP contribution in [0.15, 0.2) is 24.3 Å². The molecular formula is C16H20N2O. The molecule has 0 atom stereocenters. The molecule has 1 amide bonds. The number of carbonyl (C=O) groups excluding carboxylic acids is 1. The zero-order chi connectivity index (χ0) is 13.7. The molecule has 19 heavy (non-hydrogen) atoms. The highest BCUT2D eigenvalue weighted by atomic mass is 16.1. The van der Waals surface area contributed by atoms with Crippen LogP contribution in [0, 0.1) is 17.8 Å². The summed E-state index contributed by atoms with van der Waals surface area (Å²) in [5, 5.41) is 2.88. The fraction of sp³-hybridized carbons (Fsp3) is 0.438. The van der Waals surface area contributed by atoms with Crippen molar-refractivity contribution in [1.82, 2.24) is 5.32 Å². The van der Waals surface area contributed by atoms with E-state index >= 15 is 0 Å². The fourth-order valence-electron chi connectivity index (χ4n) is 2.05. The smallest absolute Gasteiger partial charge is 0.223 e. The van der Waals surface area contributed by atoms with Gasteiger partial charge in [0.05, 0.1) is 12.2 Å². The van der Waals surface area contributed by atoms with Crippen LogP contribution in [0.1, 0.15) is 24.8 Å². The minimum atomic E-state index is 0.154. The molecule has 0 aliphatic heterocycles. The normalized spacial score (nSPS) is 14.0. The van der Waals surface area contributed by atoms with Crippen molar-refractivity contribution in [1.29, 1.82) is 0 Å². The highest BCUT2D eigenvalue weighted by Crippen LogP contribution is 2.25. The number of para-hydroxylation sites is 1. The van der Waals surface area contributed by atoms with E-state index in [1.807, 2.05) is 43.3 Å². The van der Waals surface area contributed by atoms with Crippen LogP contribution in [0.2, 0.25) is 0 Å². The number of carbonyl (C=O) groups is 1. The Morgan fingerprint density at radius 2 is 2.11 bits per heavy atom. The van der Waals surface area contributed by atoms with Crippen molar-refractivity contribution in [2.24, 2.45) is 5.92 Å². The number of anilines is 1. The van der Waals surface area contributed by atoms with Gasteiger partial charge in [-0.25, -0.2) is 0 Å². The third kappa shape index (κ3) is 3.51. The summed E-state index contributed by atoms with van der Waals surface area (Å²) in [4.78, 5) is 13.7. The second-order valence-corrected chi connectivity index (χ2v) is 5.06. The van der Waals surface area contributed by atoms with E-state index in [-0.39, 0.29) is 11.8 Å². The summed E-state index contributed by atoms with van der Waals surface area (Å²) in [6.45, 7) is 0.428. The van der Waals surface area contributed by atoms with Crippen LogP contribution in [0.4, 0.5) is 5.69 Å². The predicted molar refractivity (Wildman–Crippen MR) is 78.0 cm³/mol. The monoisotopic (exact) mass is 256 g/mol. The van der Waals surface area contributed by atoms with E-state index < -0.39 is 0 Å². The third-order valence-corrected chi connectivity index (χ3v) is 3.44. The van der Waals surface area contributed by atoms with Gasteiger partial charge in [0, 0.05) is 25.6 Å². The maximum Gasteiger partial charge on any atom is 0.223 e. The average Bonchev–Trinajstić information content (AvgIpc) is 2.33. The Labute approximate surface area is 115 Å². The molecule has 0 bridgehead atoms. The standard InChI is InChI=1S/C16H20N2O/c1-18(2)15-11-4-3-7-13(15)10-6-12-17-16(19)14-8-5-9-14/h3-4,7,11,14H,5,8-9,12H2,1-2H3,(H,17,19). The van der Waals surface area contributed by atoms with E-state index in [1.165, 1.54) is 6.42 Å². The van der Waals surface area contributed by atoms with Crippen molar-refractivity contribution >= 4 is 11.6 Å². The minimum absolute atomic E-state index is 0.154. The largest absolute Gasteiger partial charge is 0.377 e. The molecule has 100 valence electrons. The number of nitrogens with zero attached hydrogens (tertiary/aromatic N) is 1. The molecule has 3 nitrogen and oxygen atoms in total. The van der Waals surface area contributed by atoms with Crippen LogP contribution < -0.4 is 10.2 Å². The first-order chi connectivity index (χ1) is 9.18. The van der Waals surface area contributed by atoms with Gasteiger partial charge in [-0.05, 0) is 25.0 Å². The Morgan fingerprint density at radius 1 is 1.37 bits per heavy atom.